The molecule has 2 aliphatic rings. The van der Waals surface area contributed by atoms with E-state index < -0.39 is 32.4 Å². The molecule has 0 saturated carbocycles. The summed E-state index contributed by atoms with van der Waals surface area (Å²) in [4.78, 5) is 9.72. The van der Waals surface area contributed by atoms with Crippen molar-refractivity contribution in [3.63, 3.8) is 0 Å². The quantitative estimate of drug-likeness (QED) is 0.734. The van der Waals surface area contributed by atoms with Gasteiger partial charge in [0.2, 0.25) is 27.7 Å². The average molecular weight is 438 g/mol. The first-order valence-corrected chi connectivity index (χ1v) is 10.5. The van der Waals surface area contributed by atoms with Crippen LogP contribution >= 0.6 is 0 Å². The summed E-state index contributed by atoms with van der Waals surface area (Å²) in [6.45, 7) is 1.30. The van der Waals surface area contributed by atoms with Crippen LogP contribution in [0.25, 0.3) is 0 Å². The van der Waals surface area contributed by atoms with Crippen molar-refractivity contribution < 1.29 is 21.9 Å². The number of hydrogen-bond donors (Lipinski definition) is 2. The molecule has 0 amide bonds. The smallest absolute Gasteiger partial charge is 0.255 e. The molecule has 0 radical (unpaired) electrons. The Morgan fingerprint density at radius 2 is 2.00 bits per heavy atom. The van der Waals surface area contributed by atoms with Gasteiger partial charge >= 0.3 is 0 Å². The maximum atomic E-state index is 14.8. The van der Waals surface area contributed by atoms with Gasteiger partial charge in [-0.15, -0.1) is 0 Å². The molecule has 2 aromatic rings. The van der Waals surface area contributed by atoms with E-state index in [1.165, 1.54) is 44.2 Å². The van der Waals surface area contributed by atoms with Gasteiger partial charge in [0.05, 0.1) is 12.8 Å². The lowest BCUT2D eigenvalue weighted by molar-refractivity contribution is 0.362. The molecule has 12 heteroatoms. The van der Waals surface area contributed by atoms with Crippen LogP contribution in [0.1, 0.15) is 11.3 Å². The number of nitrogens with one attached hydrogen (secondary N) is 2. The molecule has 30 heavy (non-hydrogen) atoms. The minimum atomic E-state index is -4.01. The third-order valence-corrected chi connectivity index (χ3v) is 7.80. The molecule has 0 bridgehead atoms. The van der Waals surface area contributed by atoms with E-state index in [1.807, 2.05) is 0 Å². The van der Waals surface area contributed by atoms with Crippen molar-refractivity contribution in [2.45, 2.75) is 17.7 Å². The zero-order chi connectivity index (χ0) is 21.8. The first-order valence-electron chi connectivity index (χ1n) is 9.04. The van der Waals surface area contributed by atoms with Crippen LogP contribution < -0.4 is 15.0 Å². The predicted molar refractivity (Wildman–Crippen MR) is 105 cm³/mol. The third kappa shape index (κ3) is 2.77. The van der Waals surface area contributed by atoms with Gasteiger partial charge in [0.15, 0.2) is 0 Å². The summed E-state index contributed by atoms with van der Waals surface area (Å²) < 4.78 is 61.1. The Hall–Kier alpha value is -3.02. The molecule has 160 valence electrons. The standard InChI is InChI=1S/C18H20F2N6O3S/c1-10-14(20)15(29-3)23-17(22-10)26-8-13-18(9-26,11-6-4-5-7-12(11)19)24-16(21)25(2)30(13,27)28/h4-7,13H,8-9H2,1-3H3,(H2,21,24)/t13-,18-/m1/s1. The number of aromatic nitrogens is 2. The van der Waals surface area contributed by atoms with E-state index >= 15 is 0 Å². The highest BCUT2D eigenvalue weighted by molar-refractivity contribution is 7.90. The van der Waals surface area contributed by atoms with Crippen molar-refractivity contribution in [1.82, 2.24) is 19.6 Å². The summed E-state index contributed by atoms with van der Waals surface area (Å²) in [5.74, 6) is -1.90. The Balaban J connectivity index is 1.89. The van der Waals surface area contributed by atoms with Gasteiger partial charge < -0.3 is 15.0 Å². The second-order valence-corrected chi connectivity index (χ2v) is 9.39. The molecule has 1 aromatic carbocycles. The molecule has 2 N–H and O–H groups in total. The van der Waals surface area contributed by atoms with E-state index in [0.717, 1.165) is 4.31 Å². The molecule has 0 unspecified atom stereocenters. The molecule has 2 atom stereocenters. The highest BCUT2D eigenvalue weighted by atomic mass is 32.2. The van der Waals surface area contributed by atoms with Crippen molar-refractivity contribution in [1.29, 1.82) is 5.41 Å². The average Bonchev–Trinajstić information content (AvgIpc) is 3.10. The zero-order valence-electron chi connectivity index (χ0n) is 16.5. The fourth-order valence-corrected chi connectivity index (χ4v) is 5.82. The van der Waals surface area contributed by atoms with E-state index in [1.54, 1.807) is 6.07 Å². The van der Waals surface area contributed by atoms with Gasteiger partial charge in [-0.05, 0) is 13.0 Å². The second kappa shape index (κ2) is 6.76. The Labute approximate surface area is 172 Å². The van der Waals surface area contributed by atoms with Crippen LogP contribution in [0.2, 0.25) is 0 Å². The van der Waals surface area contributed by atoms with Crippen molar-refractivity contribution in [2.75, 3.05) is 32.1 Å². The minimum absolute atomic E-state index is 0.0346. The normalized spacial score (nSPS) is 25.1. The molecule has 4 rings (SSSR count). The third-order valence-electron chi connectivity index (χ3n) is 5.58. The van der Waals surface area contributed by atoms with E-state index in [4.69, 9.17) is 10.1 Å². The molecule has 2 fully saturated rings. The molecular weight excluding hydrogens is 418 g/mol. The van der Waals surface area contributed by atoms with E-state index in [-0.39, 0.29) is 42.1 Å². The van der Waals surface area contributed by atoms with Crippen LogP contribution in [0, 0.1) is 24.0 Å². The number of halogens is 2. The Morgan fingerprint density at radius 3 is 2.67 bits per heavy atom. The molecular formula is C18H20F2N6O3S. The van der Waals surface area contributed by atoms with Crippen molar-refractivity contribution in [3.05, 3.63) is 47.2 Å². The first kappa shape index (κ1) is 20.3. The van der Waals surface area contributed by atoms with Crippen molar-refractivity contribution in [2.24, 2.45) is 0 Å². The summed E-state index contributed by atoms with van der Waals surface area (Å²) in [7, 11) is -1.48. The molecule has 3 heterocycles. The summed E-state index contributed by atoms with van der Waals surface area (Å²) in [5.41, 5.74) is -1.30. The number of sulfonamides is 1. The van der Waals surface area contributed by atoms with Crippen LogP contribution in [0.15, 0.2) is 24.3 Å². The Morgan fingerprint density at radius 1 is 1.30 bits per heavy atom. The summed E-state index contributed by atoms with van der Waals surface area (Å²) in [6, 6.07) is 5.83. The van der Waals surface area contributed by atoms with Crippen molar-refractivity contribution >= 4 is 21.9 Å². The number of benzene rings is 1. The van der Waals surface area contributed by atoms with Crippen LogP contribution in [-0.4, -0.2) is 61.1 Å². The largest absolute Gasteiger partial charge is 0.479 e. The highest BCUT2D eigenvalue weighted by Crippen LogP contribution is 2.42. The Kier molecular flexibility index (Phi) is 4.56. The molecule has 0 aliphatic carbocycles. The fraction of sp³-hybridized carbons (Fsp3) is 0.389. The van der Waals surface area contributed by atoms with Gasteiger partial charge in [-0.3, -0.25) is 5.41 Å². The van der Waals surface area contributed by atoms with Gasteiger partial charge in [-0.1, -0.05) is 18.2 Å². The van der Waals surface area contributed by atoms with E-state index in [2.05, 4.69) is 15.3 Å². The van der Waals surface area contributed by atoms with Crippen LogP contribution in [-0.2, 0) is 15.6 Å². The maximum Gasteiger partial charge on any atom is 0.255 e. The van der Waals surface area contributed by atoms with Crippen LogP contribution in [0.3, 0.4) is 0 Å². The van der Waals surface area contributed by atoms with Gasteiger partial charge in [-0.25, -0.2) is 22.1 Å². The van der Waals surface area contributed by atoms with Crippen molar-refractivity contribution in [3.8, 4) is 5.88 Å². The number of methoxy groups -OCH3 is 1. The molecule has 1 aromatic heterocycles. The lowest BCUT2D eigenvalue weighted by Gasteiger charge is -2.43. The summed E-state index contributed by atoms with van der Waals surface area (Å²) in [6.07, 6.45) is 0. The SMILES string of the molecule is COc1nc(N2C[C@@H]3[C@](c4ccccc4F)(C2)NC(=N)N(C)S3(=O)=O)nc(C)c1F. The molecule has 0 spiro atoms. The number of rotatable bonds is 3. The highest BCUT2D eigenvalue weighted by Gasteiger charge is 2.60. The molecule has 9 nitrogen and oxygen atoms in total. The monoisotopic (exact) mass is 438 g/mol. The predicted octanol–water partition coefficient (Wildman–Crippen LogP) is 0.955. The zero-order valence-corrected chi connectivity index (χ0v) is 17.3. The lowest BCUT2D eigenvalue weighted by atomic mass is 9.88. The topological polar surface area (TPSA) is 112 Å². The fourth-order valence-electron chi connectivity index (χ4n) is 4.00. The number of hydrogen-bond acceptors (Lipinski definition) is 7. The first-order chi connectivity index (χ1) is 14.1. The number of aryl methyl sites for hydroxylation is 1. The molecule has 2 saturated heterocycles. The summed E-state index contributed by atoms with van der Waals surface area (Å²) >= 11 is 0. The molecule has 2 aliphatic heterocycles. The minimum Gasteiger partial charge on any atom is -0.479 e. The Bertz CT molecular complexity index is 1140. The second-order valence-electron chi connectivity index (χ2n) is 7.24. The maximum absolute atomic E-state index is 14.8. The van der Waals surface area contributed by atoms with Crippen LogP contribution in [0.4, 0.5) is 14.7 Å². The van der Waals surface area contributed by atoms with Crippen LogP contribution in [0.5, 0.6) is 5.88 Å². The number of ether oxygens (including phenoxy) is 1. The number of fused-ring (bicyclic) bond motifs is 1. The van der Waals surface area contributed by atoms with Gasteiger partial charge in [0.1, 0.15) is 16.6 Å². The lowest BCUT2D eigenvalue weighted by Crippen LogP contribution is -2.67. The van der Waals surface area contributed by atoms with Gasteiger partial charge in [-0.2, -0.15) is 9.37 Å². The van der Waals surface area contributed by atoms with Gasteiger partial charge in [0, 0.05) is 25.7 Å². The van der Waals surface area contributed by atoms with E-state index in [9.17, 15) is 17.2 Å². The number of nitrogens with zero attached hydrogens (tertiary/aromatic N) is 4. The van der Waals surface area contributed by atoms with E-state index in [0.29, 0.717) is 0 Å². The summed E-state index contributed by atoms with van der Waals surface area (Å²) in [5, 5.41) is 9.90. The number of guanidine groups is 1. The van der Waals surface area contributed by atoms with Gasteiger partial charge in [0.25, 0.3) is 5.88 Å². The number of anilines is 1.